The van der Waals surface area contributed by atoms with Crippen LogP contribution in [0.15, 0.2) is 229 Å². The van der Waals surface area contributed by atoms with Gasteiger partial charge in [0.1, 0.15) is 34.4 Å². The van der Waals surface area contributed by atoms with Crippen LogP contribution in [0.4, 0.5) is 0 Å². The van der Waals surface area contributed by atoms with Crippen LogP contribution in [0.5, 0.6) is 0 Å². The van der Waals surface area contributed by atoms with Gasteiger partial charge in [-0.15, -0.1) is 0 Å². The summed E-state index contributed by atoms with van der Waals surface area (Å²) in [7, 11) is 0. The molecule has 422 valence electrons. The molecule has 5 heterocycles. The first-order valence-corrected chi connectivity index (χ1v) is 31.6. The van der Waals surface area contributed by atoms with Crippen LogP contribution in [0.25, 0.3) is 160 Å². The van der Waals surface area contributed by atoms with Crippen LogP contribution in [0.1, 0.15) is 75.0 Å². The fraction of sp³-hybridized carbons (Fsp3) is 0.0714. The Balaban J connectivity index is 1.03. The minimum atomic E-state index is 0.148. The second-order valence-corrected chi connectivity index (χ2v) is 25.5. The molecule has 17 aromatic rings. The highest BCUT2D eigenvalue weighted by Gasteiger charge is 2.39. The van der Waals surface area contributed by atoms with Crippen molar-refractivity contribution in [3.63, 3.8) is 0 Å². The van der Waals surface area contributed by atoms with Gasteiger partial charge >= 0.3 is 0 Å². The molecule has 0 fully saturated rings. The van der Waals surface area contributed by atoms with Crippen molar-refractivity contribution in [2.75, 3.05) is 0 Å². The first kappa shape index (κ1) is 49.1. The SMILES string of the molecule is CC1CC=Cc2c1c1c3c(ccc1n2-c1c(C#N)c(-n2c4ccccc4c4c5oc6ccccc6c5ccc42)c(C#N)c(-n2c4ccccc4c4c5c(ccc42)-c2ccccc2C5)c1-n1c2ccccc2c2c4c(ccc21)-c1ccccc1C4)-c1ccccc1C3. The number of benzene rings is 12. The molecule has 7 heteroatoms. The molecule has 0 saturated heterocycles. The normalized spacial score (nSPS) is 14.3. The summed E-state index contributed by atoms with van der Waals surface area (Å²) in [5.41, 5.74) is 29.2. The number of fused-ring (bicyclic) bond motifs is 28. The minimum absolute atomic E-state index is 0.148. The molecule has 0 radical (unpaired) electrons. The largest absolute Gasteiger partial charge is 0.455 e. The number of para-hydroxylation sites is 4. The maximum Gasteiger partial charge on any atom is 0.145 e. The second-order valence-electron chi connectivity index (χ2n) is 25.5. The van der Waals surface area contributed by atoms with Gasteiger partial charge in [-0.25, -0.2) is 0 Å². The number of nitriles is 2. The number of rotatable bonds is 4. The zero-order valence-electron chi connectivity index (χ0n) is 49.4. The van der Waals surface area contributed by atoms with Gasteiger partial charge in [0, 0.05) is 43.1 Å². The highest BCUT2D eigenvalue weighted by atomic mass is 16.3. The first-order chi connectivity index (χ1) is 45.0. The molecule has 12 aromatic carbocycles. The van der Waals surface area contributed by atoms with E-state index in [0.29, 0.717) is 28.2 Å². The van der Waals surface area contributed by atoms with Gasteiger partial charge in [0.25, 0.3) is 0 Å². The number of aromatic nitrogens is 4. The standard InChI is InChI=1S/C84H50N6O/c1-46-17-16-31-69-75(46)78-63-43-49-20-4-7-23-52(49)55(63)35-39-72(78)90(69)82-65(45-86)80(87-68-30-14-10-27-60(68)79-73(87)40-36-57-56-24-11-15-32-74(56)91-84(57)79)64(44-85)81(88-66-28-12-8-25-58(66)76-61-41-47-18-2-5-21-50(47)53(61)33-37-70(76)88)83(82)89-67-29-13-9-26-59(67)77-62-42-48-19-3-6-22-51(48)54(62)34-38-71(77)89/h2-16,18-40,46H,17,41-43H2,1H3. The van der Waals surface area contributed by atoms with Crippen LogP contribution in [0.2, 0.25) is 0 Å². The van der Waals surface area contributed by atoms with E-state index in [4.69, 9.17) is 4.42 Å². The van der Waals surface area contributed by atoms with E-state index < -0.39 is 0 Å². The number of nitrogens with zero attached hydrogens (tertiary/aromatic N) is 6. The van der Waals surface area contributed by atoms with Crippen molar-refractivity contribution in [1.82, 2.24) is 18.3 Å². The Bertz CT molecular complexity index is 6390. The summed E-state index contributed by atoms with van der Waals surface area (Å²) >= 11 is 0. The van der Waals surface area contributed by atoms with Crippen LogP contribution in [0, 0.1) is 22.7 Å². The Kier molecular flexibility index (Phi) is 9.54. The van der Waals surface area contributed by atoms with E-state index in [0.717, 1.165) is 125 Å². The van der Waals surface area contributed by atoms with Crippen molar-refractivity contribution >= 4 is 104 Å². The third-order valence-corrected chi connectivity index (χ3v) is 21.2. The Hall–Kier alpha value is -11.9. The van der Waals surface area contributed by atoms with E-state index in [-0.39, 0.29) is 5.92 Å². The van der Waals surface area contributed by atoms with Gasteiger partial charge in [-0.3, -0.25) is 0 Å². The quantitative estimate of drug-likeness (QED) is 0.176. The molecule has 7 nitrogen and oxygen atoms in total. The molecule has 1 unspecified atom stereocenters. The molecule has 5 aromatic heterocycles. The van der Waals surface area contributed by atoms with Crippen molar-refractivity contribution in [3.05, 3.63) is 280 Å². The van der Waals surface area contributed by atoms with Crippen molar-refractivity contribution in [1.29, 1.82) is 10.5 Å². The number of hydrogen-bond acceptors (Lipinski definition) is 3. The first-order valence-electron chi connectivity index (χ1n) is 31.6. The van der Waals surface area contributed by atoms with Gasteiger partial charge in [-0.1, -0.05) is 177 Å². The smallest absolute Gasteiger partial charge is 0.145 e. The van der Waals surface area contributed by atoms with Crippen LogP contribution >= 0.6 is 0 Å². The fourth-order valence-corrected chi connectivity index (χ4v) is 17.6. The van der Waals surface area contributed by atoms with E-state index in [1.54, 1.807) is 0 Å². The van der Waals surface area contributed by atoms with Gasteiger partial charge in [0.15, 0.2) is 0 Å². The van der Waals surface area contributed by atoms with Crippen molar-refractivity contribution < 1.29 is 4.42 Å². The maximum atomic E-state index is 13.1. The molecule has 0 aliphatic heterocycles. The third kappa shape index (κ3) is 6.15. The van der Waals surface area contributed by atoms with Gasteiger partial charge in [0.2, 0.25) is 0 Å². The molecule has 1 atom stereocenters. The van der Waals surface area contributed by atoms with Gasteiger partial charge in [0.05, 0.1) is 72.4 Å². The van der Waals surface area contributed by atoms with Crippen molar-refractivity contribution in [2.24, 2.45) is 0 Å². The van der Waals surface area contributed by atoms with E-state index in [9.17, 15) is 10.5 Å². The summed E-state index contributed by atoms with van der Waals surface area (Å²) < 4.78 is 16.5. The molecule has 0 saturated carbocycles. The van der Waals surface area contributed by atoms with Crippen LogP contribution in [-0.2, 0) is 19.3 Å². The highest BCUT2D eigenvalue weighted by Crippen LogP contribution is 2.55. The molecule has 0 bridgehead atoms. The monoisotopic (exact) mass is 1160 g/mol. The minimum Gasteiger partial charge on any atom is -0.455 e. The van der Waals surface area contributed by atoms with Gasteiger partial charge < -0.3 is 22.7 Å². The van der Waals surface area contributed by atoms with E-state index >= 15 is 0 Å². The molecule has 0 N–H and O–H groups in total. The molecule has 0 spiro atoms. The van der Waals surface area contributed by atoms with Crippen molar-refractivity contribution in [2.45, 2.75) is 38.5 Å². The molecule has 91 heavy (non-hydrogen) atoms. The number of hydrogen-bond donors (Lipinski definition) is 0. The summed E-state index contributed by atoms with van der Waals surface area (Å²) in [5, 5.41) is 35.9. The number of furan rings is 1. The van der Waals surface area contributed by atoms with Gasteiger partial charge in [-0.2, -0.15) is 10.5 Å². The average Bonchev–Trinajstić information content (AvgIpc) is 1.59. The zero-order valence-corrected chi connectivity index (χ0v) is 49.4. The zero-order chi connectivity index (χ0) is 59.6. The third-order valence-electron chi connectivity index (χ3n) is 21.2. The fourth-order valence-electron chi connectivity index (χ4n) is 17.6. The van der Waals surface area contributed by atoms with Crippen LogP contribution < -0.4 is 0 Å². The molecule has 4 aliphatic carbocycles. The van der Waals surface area contributed by atoms with E-state index in [1.165, 1.54) is 83.1 Å². The molecular formula is C84H50N6O. The van der Waals surface area contributed by atoms with Crippen molar-refractivity contribution in [3.8, 4) is 68.3 Å². The lowest BCUT2D eigenvalue weighted by Crippen LogP contribution is -2.17. The Morgan fingerprint density at radius 3 is 1.33 bits per heavy atom. The Labute approximate surface area is 521 Å². The topological polar surface area (TPSA) is 80.4 Å². The summed E-state index contributed by atoms with van der Waals surface area (Å²) in [6.07, 6.45) is 7.87. The average molecular weight is 1160 g/mol. The molecular weight excluding hydrogens is 1110 g/mol. The predicted molar refractivity (Wildman–Crippen MR) is 370 cm³/mol. The van der Waals surface area contributed by atoms with E-state index in [1.807, 2.05) is 12.1 Å². The van der Waals surface area contributed by atoms with E-state index in [2.05, 4.69) is 256 Å². The second kappa shape index (κ2) is 17.7. The highest BCUT2D eigenvalue weighted by molar-refractivity contribution is 6.25. The lowest BCUT2D eigenvalue weighted by Gasteiger charge is -2.28. The molecule has 0 amide bonds. The van der Waals surface area contributed by atoms with Gasteiger partial charge in [-0.05, 0) is 165 Å². The lowest BCUT2D eigenvalue weighted by atomic mass is 9.88. The summed E-state index contributed by atoms with van der Waals surface area (Å²) in [4.78, 5) is 0. The number of allylic oxidation sites excluding steroid dienone is 1. The lowest BCUT2D eigenvalue weighted by molar-refractivity contribution is 0.673. The molecule has 4 aliphatic rings. The summed E-state index contributed by atoms with van der Waals surface area (Å²) in [5.74, 6) is 0.148. The van der Waals surface area contributed by atoms with Crippen LogP contribution in [-0.4, -0.2) is 18.3 Å². The molecule has 21 rings (SSSR count). The Morgan fingerprint density at radius 1 is 0.363 bits per heavy atom. The predicted octanol–water partition coefficient (Wildman–Crippen LogP) is 20.8. The van der Waals surface area contributed by atoms with Crippen LogP contribution in [0.3, 0.4) is 0 Å². The maximum absolute atomic E-state index is 13.1. The Morgan fingerprint density at radius 2 is 0.780 bits per heavy atom. The summed E-state index contributed by atoms with van der Waals surface area (Å²) in [6, 6.07) is 85.1. The summed E-state index contributed by atoms with van der Waals surface area (Å²) in [6.45, 7) is 2.37.